The molecule has 4 saturated heterocycles. The van der Waals surface area contributed by atoms with Crippen molar-refractivity contribution in [2.75, 3.05) is 26.4 Å². The molecule has 8 nitrogen and oxygen atoms in total. The molecule has 0 aromatic heterocycles. The molecule has 2 saturated carbocycles. The van der Waals surface area contributed by atoms with Crippen LogP contribution in [-0.2, 0) is 35.4 Å². The van der Waals surface area contributed by atoms with Crippen LogP contribution in [0.2, 0.25) is 52.4 Å². The minimum absolute atomic E-state index is 0.163. The average Bonchev–Trinajstić information content (AvgIpc) is 3.55. The van der Waals surface area contributed by atoms with Crippen LogP contribution in [0.25, 0.3) is 0 Å². The smallest absolute Gasteiger partial charge is 0.393 e. The second-order valence-corrected chi connectivity index (χ2v) is 33.0. The number of hydrogen-bond acceptors (Lipinski definition) is 8. The molecule has 0 spiro atoms. The molecule has 6 aliphatic rings. The molecule has 4 unspecified atom stereocenters. The third-order valence-electron chi connectivity index (χ3n) is 8.47. The fourth-order valence-electron chi connectivity index (χ4n) is 5.04. The van der Waals surface area contributed by atoms with E-state index >= 15 is 0 Å². The molecule has 0 radical (unpaired) electrons. The monoisotopic (exact) mass is 578 g/mol. The van der Waals surface area contributed by atoms with E-state index in [9.17, 15) is 0 Å². The van der Waals surface area contributed by atoms with Gasteiger partial charge in [0.05, 0.1) is 49.3 Å². The first-order chi connectivity index (χ1) is 16.2. The van der Waals surface area contributed by atoms with Gasteiger partial charge in [-0.1, -0.05) is 0 Å². The predicted octanol–water partition coefficient (Wildman–Crippen LogP) is 3.87. The van der Waals surface area contributed by atoms with Crippen molar-refractivity contribution in [2.45, 2.75) is 101 Å². The lowest BCUT2D eigenvalue weighted by Gasteiger charge is -2.46. The van der Waals surface area contributed by atoms with E-state index in [1.165, 1.54) is 11.8 Å². The minimum atomic E-state index is -3.50. The maximum atomic E-state index is 6.91. The van der Waals surface area contributed by atoms with Crippen molar-refractivity contribution in [3.05, 3.63) is 0 Å². The topological polar surface area (TPSA) is 87.0 Å². The van der Waals surface area contributed by atoms with Gasteiger partial charge in [-0.2, -0.15) is 0 Å². The first-order valence-electron chi connectivity index (χ1n) is 13.5. The third-order valence-corrected chi connectivity index (χ3v) is 28.4. The highest BCUT2D eigenvalue weighted by molar-refractivity contribution is 6.93. The first kappa shape index (κ1) is 27.3. The molecule has 0 amide bonds. The molecule has 4 heterocycles. The molecule has 0 aromatic rings. The number of ether oxygens (including phenoxy) is 4. The van der Waals surface area contributed by atoms with Gasteiger partial charge in [-0.25, -0.2) is 0 Å². The van der Waals surface area contributed by atoms with Crippen LogP contribution < -0.4 is 0 Å². The minimum Gasteiger partial charge on any atom is -0.393 e. The van der Waals surface area contributed by atoms with Gasteiger partial charge in [-0.3, -0.25) is 0 Å². The molecule has 4 aliphatic heterocycles. The zero-order chi connectivity index (χ0) is 25.3. The van der Waals surface area contributed by atoms with Gasteiger partial charge < -0.3 is 35.4 Å². The Morgan fingerprint density at radius 3 is 0.743 bits per heavy atom. The fourth-order valence-corrected chi connectivity index (χ4v) is 24.3. The van der Waals surface area contributed by atoms with E-state index in [0.717, 1.165) is 26.4 Å². The highest BCUT2D eigenvalue weighted by atomic mass is 28.5. The number of hydrogen-bond donors (Lipinski definition) is 0. The Morgan fingerprint density at radius 1 is 0.429 bits per heavy atom. The normalized spacial score (nSPS) is 37.0. The van der Waals surface area contributed by atoms with Crippen molar-refractivity contribution in [1.29, 1.82) is 0 Å². The lowest BCUT2D eigenvalue weighted by molar-refractivity contribution is 0.0548. The van der Waals surface area contributed by atoms with Crippen LogP contribution in [0.4, 0.5) is 0 Å². The van der Waals surface area contributed by atoms with Gasteiger partial charge in [-0.05, 0) is 89.9 Å². The summed E-state index contributed by atoms with van der Waals surface area (Å²) in [7, 11) is -12.5. The lowest BCUT2D eigenvalue weighted by Crippen LogP contribution is -2.69. The summed E-state index contributed by atoms with van der Waals surface area (Å²) in [5, 5.41) is 0. The standard InChI is InChI=1S/C16H36O8Si5.C6H10/c1-25(2,13-9-17-13)21-29(22-26(3,4)14-10-18-14,23-27(5,6)15-11-19-15)24-28(7,8)16-12-20-16;1-2-6-4-3-5(1)6/h13-16H,9-12H2,1-8H3;5-6H,1-4H2. The number of fused-ring (bicyclic) bond motifs is 1. The summed E-state index contributed by atoms with van der Waals surface area (Å²) in [6.07, 6.45) is 6.24. The molecule has 35 heavy (non-hydrogen) atoms. The van der Waals surface area contributed by atoms with Crippen LogP contribution in [0.15, 0.2) is 0 Å². The van der Waals surface area contributed by atoms with Gasteiger partial charge in [0.2, 0.25) is 33.3 Å². The largest absolute Gasteiger partial charge is 0.637 e. The lowest BCUT2D eigenvalue weighted by atomic mass is 9.60. The molecule has 4 atom stereocenters. The maximum Gasteiger partial charge on any atom is 0.637 e. The second-order valence-electron chi connectivity index (χ2n) is 13.3. The van der Waals surface area contributed by atoms with Gasteiger partial charge in [-0.15, -0.1) is 0 Å². The van der Waals surface area contributed by atoms with Gasteiger partial charge in [0.25, 0.3) is 0 Å². The van der Waals surface area contributed by atoms with Crippen molar-refractivity contribution in [1.82, 2.24) is 0 Å². The summed E-state index contributed by atoms with van der Waals surface area (Å²) in [4.78, 5) is 0. The Balaban J connectivity index is 0.000000362. The summed E-state index contributed by atoms with van der Waals surface area (Å²) < 4.78 is 50.2. The van der Waals surface area contributed by atoms with Gasteiger partial charge in [0, 0.05) is 0 Å². The van der Waals surface area contributed by atoms with Crippen LogP contribution in [0.1, 0.15) is 25.7 Å². The van der Waals surface area contributed by atoms with E-state index in [4.69, 9.17) is 35.4 Å². The zero-order valence-electron chi connectivity index (χ0n) is 22.9. The Kier molecular flexibility index (Phi) is 7.38. The summed E-state index contributed by atoms with van der Waals surface area (Å²) in [6.45, 7) is 20.4. The molecule has 2 aliphatic carbocycles. The number of rotatable bonds is 12. The third kappa shape index (κ3) is 6.68. The van der Waals surface area contributed by atoms with Crippen LogP contribution >= 0.6 is 0 Å². The Bertz CT molecular complexity index is 652. The van der Waals surface area contributed by atoms with Gasteiger partial charge in [0.1, 0.15) is 0 Å². The maximum absolute atomic E-state index is 6.91. The van der Waals surface area contributed by atoms with Crippen LogP contribution in [0.5, 0.6) is 0 Å². The molecule has 0 aromatic carbocycles. The van der Waals surface area contributed by atoms with Crippen molar-refractivity contribution in [2.24, 2.45) is 11.8 Å². The summed E-state index contributed by atoms with van der Waals surface area (Å²) in [5.74, 6) is 2.43. The summed E-state index contributed by atoms with van der Waals surface area (Å²) in [6, 6.07) is 0. The van der Waals surface area contributed by atoms with E-state index in [2.05, 4.69) is 52.4 Å². The Hall–Kier alpha value is 0.764. The first-order valence-corrected chi connectivity index (χ1v) is 27.1. The molecule has 13 heteroatoms. The van der Waals surface area contributed by atoms with Gasteiger partial charge >= 0.3 is 9.05 Å². The summed E-state index contributed by atoms with van der Waals surface area (Å²) in [5.41, 5.74) is 0.652. The molecular formula is C22H46O8Si5. The van der Waals surface area contributed by atoms with Crippen molar-refractivity contribution in [3.63, 3.8) is 0 Å². The molecule has 6 rings (SSSR count). The van der Waals surface area contributed by atoms with E-state index < -0.39 is 42.3 Å². The van der Waals surface area contributed by atoms with Gasteiger partial charge in [0.15, 0.2) is 0 Å². The SMILES string of the molecule is C1CC2CCC12.C[Si](C)(O[Si](O[Si](C)(C)C1CO1)(O[Si](C)(C)C1CO1)O[Si](C)(C)C1CO1)C1CO1. The summed E-state index contributed by atoms with van der Waals surface area (Å²) >= 11 is 0. The van der Waals surface area contributed by atoms with E-state index in [1.807, 2.05) is 0 Å². The molecule has 0 bridgehead atoms. The predicted molar refractivity (Wildman–Crippen MR) is 144 cm³/mol. The number of epoxide rings is 4. The van der Waals surface area contributed by atoms with Crippen LogP contribution in [-0.4, -0.2) is 91.7 Å². The Morgan fingerprint density at radius 2 is 0.629 bits per heavy atom. The van der Waals surface area contributed by atoms with Crippen molar-refractivity contribution in [3.8, 4) is 0 Å². The molecular weight excluding hydrogens is 533 g/mol. The molecule has 0 N–H and O–H groups in total. The van der Waals surface area contributed by atoms with Crippen LogP contribution in [0.3, 0.4) is 0 Å². The highest BCUT2D eigenvalue weighted by Crippen LogP contribution is 2.49. The van der Waals surface area contributed by atoms with E-state index in [0.29, 0.717) is 0 Å². The van der Waals surface area contributed by atoms with Crippen LogP contribution in [0, 0.1) is 11.8 Å². The highest BCUT2D eigenvalue weighted by Gasteiger charge is 2.66. The van der Waals surface area contributed by atoms with E-state index in [1.54, 1.807) is 25.7 Å². The second kappa shape index (κ2) is 9.45. The zero-order valence-corrected chi connectivity index (χ0v) is 27.9. The van der Waals surface area contributed by atoms with Crippen molar-refractivity contribution >= 4 is 42.3 Å². The fraction of sp³-hybridized carbons (Fsp3) is 1.00. The quantitative estimate of drug-likeness (QED) is 0.255. The van der Waals surface area contributed by atoms with Crippen molar-refractivity contribution < 1.29 is 35.4 Å². The molecule has 202 valence electrons. The average molecular weight is 579 g/mol. The molecule has 6 fully saturated rings. The van der Waals surface area contributed by atoms with E-state index in [-0.39, 0.29) is 22.9 Å². The Labute approximate surface area is 216 Å².